The number of alkyl carbamates (subject to hydrolysis) is 1. The number of benzene rings is 1. The summed E-state index contributed by atoms with van der Waals surface area (Å²) in [7, 11) is 1.43. The Labute approximate surface area is 261 Å². The number of alkyl halides is 2. The Hall–Kier alpha value is -3.57. The smallest absolute Gasteiger partial charge is 0.408 e. The van der Waals surface area contributed by atoms with Crippen molar-refractivity contribution in [2.45, 2.75) is 103 Å². The van der Waals surface area contributed by atoms with Crippen molar-refractivity contribution in [1.29, 1.82) is 0 Å². The molecule has 2 amide bonds. The number of carbonyl (C=O) groups is 3. The Kier molecular flexibility index (Phi) is 8.98. The van der Waals surface area contributed by atoms with Gasteiger partial charge in [0.1, 0.15) is 35.4 Å². The lowest BCUT2D eigenvalue weighted by molar-refractivity contribution is -0.141. The lowest BCUT2D eigenvalue weighted by atomic mass is 9.85. The number of ketones is 1. The summed E-state index contributed by atoms with van der Waals surface area (Å²) in [5.74, 6) is -6.41. The Balaban J connectivity index is 1.62. The molecule has 6 atom stereocenters. The highest BCUT2D eigenvalue weighted by Crippen LogP contribution is 2.45. The third-order valence-electron chi connectivity index (χ3n) is 9.30. The van der Waals surface area contributed by atoms with E-state index in [4.69, 9.17) is 14.2 Å². The number of aromatic nitrogens is 1. The van der Waals surface area contributed by atoms with E-state index in [0.717, 1.165) is 0 Å². The lowest BCUT2D eigenvalue weighted by Gasteiger charge is -2.35. The topological polar surface area (TPSA) is 107 Å². The number of pyridine rings is 1. The average Bonchev–Trinajstić information content (AvgIpc) is 3.58. The third kappa shape index (κ3) is 6.56. The van der Waals surface area contributed by atoms with E-state index in [1.165, 1.54) is 37.1 Å². The molecule has 2 aromatic rings. The number of halogens is 3. The quantitative estimate of drug-likeness (QED) is 0.432. The second kappa shape index (κ2) is 12.3. The molecule has 2 fully saturated rings. The highest BCUT2D eigenvalue weighted by molar-refractivity contribution is 5.92. The van der Waals surface area contributed by atoms with Gasteiger partial charge in [0.2, 0.25) is 11.8 Å². The van der Waals surface area contributed by atoms with Crippen LogP contribution in [0, 0.1) is 23.1 Å². The zero-order valence-corrected chi connectivity index (χ0v) is 26.6. The van der Waals surface area contributed by atoms with E-state index in [9.17, 15) is 14.4 Å². The fourth-order valence-electron chi connectivity index (χ4n) is 6.74. The van der Waals surface area contributed by atoms with Gasteiger partial charge in [-0.15, -0.1) is 0 Å². The molecule has 1 unspecified atom stereocenters. The van der Waals surface area contributed by atoms with Crippen LogP contribution in [0.1, 0.15) is 78.7 Å². The maximum absolute atomic E-state index is 16.1. The van der Waals surface area contributed by atoms with Crippen LogP contribution in [-0.4, -0.2) is 65.6 Å². The van der Waals surface area contributed by atoms with Crippen LogP contribution in [0.5, 0.6) is 11.6 Å². The summed E-state index contributed by atoms with van der Waals surface area (Å²) in [6.07, 6.45) is -0.670. The minimum atomic E-state index is -3.63. The van der Waals surface area contributed by atoms with E-state index < -0.39 is 71.1 Å². The number of ether oxygens (including phenoxy) is 3. The number of nitrogens with zero attached hydrogens (tertiary/aromatic N) is 2. The minimum Gasteiger partial charge on any atom is -0.497 e. The molecule has 12 heteroatoms. The van der Waals surface area contributed by atoms with Gasteiger partial charge in [-0.1, -0.05) is 34.1 Å². The van der Waals surface area contributed by atoms with Crippen LogP contribution in [0.3, 0.4) is 0 Å². The largest absolute Gasteiger partial charge is 0.497 e. The molecule has 0 spiro atoms. The van der Waals surface area contributed by atoms with E-state index in [1.807, 2.05) is 0 Å². The molecule has 2 aliphatic heterocycles. The highest BCUT2D eigenvalue weighted by atomic mass is 19.3. The number of amides is 2. The summed E-state index contributed by atoms with van der Waals surface area (Å²) in [6, 6.07) is 2.25. The van der Waals surface area contributed by atoms with Crippen LogP contribution in [0.4, 0.5) is 18.0 Å². The first-order chi connectivity index (χ1) is 21.2. The monoisotopic (exact) mass is 633 g/mol. The van der Waals surface area contributed by atoms with Gasteiger partial charge in [0.25, 0.3) is 5.92 Å². The average molecular weight is 634 g/mol. The van der Waals surface area contributed by atoms with Crippen molar-refractivity contribution in [2.75, 3.05) is 13.7 Å². The number of hydrogen-bond acceptors (Lipinski definition) is 7. The normalized spacial score (nSPS) is 29.0. The molecule has 1 saturated carbocycles. The van der Waals surface area contributed by atoms with E-state index in [2.05, 4.69) is 10.3 Å². The Morgan fingerprint density at radius 1 is 1.18 bits per heavy atom. The van der Waals surface area contributed by atoms with Crippen molar-refractivity contribution >= 4 is 28.7 Å². The number of fused-ring (bicyclic) bond motifs is 5. The van der Waals surface area contributed by atoms with Crippen molar-refractivity contribution < 1.29 is 41.8 Å². The molecule has 3 aliphatic rings. The van der Waals surface area contributed by atoms with Gasteiger partial charge < -0.3 is 24.4 Å². The highest BCUT2D eigenvalue weighted by Gasteiger charge is 2.51. The summed E-state index contributed by atoms with van der Waals surface area (Å²) in [4.78, 5) is 45.9. The van der Waals surface area contributed by atoms with Crippen molar-refractivity contribution in [3.63, 3.8) is 0 Å². The van der Waals surface area contributed by atoms with Gasteiger partial charge in [-0.25, -0.2) is 22.9 Å². The first kappa shape index (κ1) is 32.8. The van der Waals surface area contributed by atoms with E-state index in [-0.39, 0.29) is 41.7 Å². The summed E-state index contributed by atoms with van der Waals surface area (Å²) in [5, 5.41) is 2.63. The van der Waals surface area contributed by atoms with Crippen LogP contribution in [0.2, 0.25) is 0 Å². The molecule has 1 aromatic heterocycles. The number of carbonyl (C=O) groups excluding carboxylic acids is 3. The van der Waals surface area contributed by atoms with Gasteiger partial charge in [-0.2, -0.15) is 0 Å². The maximum atomic E-state index is 16.1. The predicted molar refractivity (Wildman–Crippen MR) is 160 cm³/mol. The molecule has 1 N–H and O–H groups in total. The molecule has 45 heavy (non-hydrogen) atoms. The summed E-state index contributed by atoms with van der Waals surface area (Å²) in [5.41, 5.74) is -1.63. The van der Waals surface area contributed by atoms with Gasteiger partial charge in [-0.3, -0.25) is 9.59 Å². The zero-order chi connectivity index (χ0) is 32.8. The van der Waals surface area contributed by atoms with E-state index in [1.54, 1.807) is 27.7 Å². The van der Waals surface area contributed by atoms with Crippen LogP contribution in [0.25, 0.3) is 10.9 Å². The summed E-state index contributed by atoms with van der Waals surface area (Å²) in [6.45, 7) is 8.37. The van der Waals surface area contributed by atoms with Crippen molar-refractivity contribution in [3.05, 3.63) is 29.6 Å². The standard InChI is InChI=1S/C33H42F3N3O6/c1-7-20-24-16-39(27(20)17(2)40)30(41)28(32(3,4)5)38-31(42)45-23-14-18(23)10-8-9-13-33(35,36)25-26(34)21-12-11-19(43-6)15-22(21)37-29(25)44-24/h11-12,15,18,20,23-24,27-28H,7-10,13-14,16H2,1-6H3,(H,38,42)/t18-,20?,23-,24+,27-,28-/m1/s1. The van der Waals surface area contributed by atoms with Gasteiger partial charge in [0, 0.05) is 23.8 Å². The second-order valence-corrected chi connectivity index (χ2v) is 13.6. The lowest BCUT2D eigenvalue weighted by Crippen LogP contribution is -2.57. The molecule has 5 rings (SSSR count). The Morgan fingerprint density at radius 2 is 1.91 bits per heavy atom. The van der Waals surface area contributed by atoms with Crippen LogP contribution in [-0.2, 0) is 20.2 Å². The summed E-state index contributed by atoms with van der Waals surface area (Å²) < 4.78 is 65.2. The summed E-state index contributed by atoms with van der Waals surface area (Å²) >= 11 is 0. The van der Waals surface area contributed by atoms with Crippen LogP contribution in [0.15, 0.2) is 18.2 Å². The van der Waals surface area contributed by atoms with E-state index >= 15 is 13.2 Å². The fourth-order valence-corrected chi connectivity index (χ4v) is 6.74. The number of nitrogens with one attached hydrogen (secondary N) is 1. The third-order valence-corrected chi connectivity index (χ3v) is 9.30. The first-order valence-corrected chi connectivity index (χ1v) is 15.7. The molecule has 2 bridgehead atoms. The predicted octanol–water partition coefficient (Wildman–Crippen LogP) is 6.15. The SMILES string of the molecule is CCC1[C@@H]2CN(C(=O)[C@H](C(C)(C)C)NC(=O)O[C@@H]3C[C@H]3CCCCC(F)(F)c3c(nc4cc(OC)ccc4c3F)O2)[C@@H]1C(C)=O. The zero-order valence-electron chi connectivity index (χ0n) is 26.6. The molecular weight excluding hydrogens is 591 g/mol. The molecule has 1 aromatic carbocycles. The van der Waals surface area contributed by atoms with Crippen LogP contribution >= 0.6 is 0 Å². The molecule has 0 radical (unpaired) electrons. The van der Waals surface area contributed by atoms with E-state index in [0.29, 0.717) is 31.4 Å². The fraction of sp³-hybridized carbons (Fsp3) is 0.636. The maximum Gasteiger partial charge on any atom is 0.408 e. The second-order valence-electron chi connectivity index (χ2n) is 13.6. The minimum absolute atomic E-state index is 0.0201. The molecule has 1 aliphatic carbocycles. The molecule has 3 heterocycles. The van der Waals surface area contributed by atoms with Gasteiger partial charge >= 0.3 is 6.09 Å². The van der Waals surface area contributed by atoms with Crippen LogP contribution < -0.4 is 14.8 Å². The van der Waals surface area contributed by atoms with Crippen molar-refractivity contribution in [3.8, 4) is 11.6 Å². The van der Waals surface area contributed by atoms with Crippen molar-refractivity contribution in [1.82, 2.24) is 15.2 Å². The van der Waals surface area contributed by atoms with Crippen molar-refractivity contribution in [2.24, 2.45) is 17.3 Å². The number of rotatable bonds is 3. The molecule has 1 saturated heterocycles. The molecule has 9 nitrogen and oxygen atoms in total. The number of methoxy groups -OCH3 is 1. The van der Waals surface area contributed by atoms with Gasteiger partial charge in [0.05, 0.1) is 25.2 Å². The Morgan fingerprint density at radius 3 is 2.56 bits per heavy atom. The number of Topliss-reactive ketones (excluding diaryl/α,β-unsaturated/α-hetero) is 1. The van der Waals surface area contributed by atoms with Gasteiger partial charge in [-0.05, 0) is 56.1 Å². The Bertz CT molecular complexity index is 1480. The number of hydrogen-bond donors (Lipinski definition) is 1. The molecular formula is C33H42F3N3O6. The van der Waals surface area contributed by atoms with Gasteiger partial charge in [0.15, 0.2) is 5.78 Å². The molecule has 246 valence electrons. The first-order valence-electron chi connectivity index (χ1n) is 15.7.